The number of nitrogens with zero attached hydrogens (tertiary/aromatic N) is 2. The number of hydrogen-bond donors (Lipinski definition) is 1. The molecule has 0 aliphatic rings. The summed E-state index contributed by atoms with van der Waals surface area (Å²) >= 11 is 0. The smallest absolute Gasteiger partial charge is 0.332 e. The van der Waals surface area contributed by atoms with E-state index in [2.05, 4.69) is 0 Å². The maximum Gasteiger partial charge on any atom is 0.332 e. The molecule has 94 valence electrons. The van der Waals surface area contributed by atoms with Crippen LogP contribution in [0, 0.1) is 0 Å². The number of anilines is 1. The molecule has 0 unspecified atom stereocenters. The lowest BCUT2D eigenvalue weighted by atomic mass is 10.1. The highest BCUT2D eigenvalue weighted by molar-refractivity contribution is 6.09. The molecule has 0 amide bonds. The van der Waals surface area contributed by atoms with Crippen LogP contribution in [0.15, 0.2) is 32.4 Å². The number of ketones is 1. The van der Waals surface area contributed by atoms with Crippen LogP contribution < -0.4 is 17.0 Å². The largest absolute Gasteiger partial charge is 0.461 e. The van der Waals surface area contributed by atoms with Crippen molar-refractivity contribution in [1.82, 2.24) is 9.13 Å². The average Bonchev–Trinajstić information content (AvgIpc) is 2.88. The summed E-state index contributed by atoms with van der Waals surface area (Å²) in [7, 11) is 2.67. The van der Waals surface area contributed by atoms with E-state index < -0.39 is 17.0 Å². The van der Waals surface area contributed by atoms with Gasteiger partial charge in [0.15, 0.2) is 5.76 Å². The van der Waals surface area contributed by atoms with Crippen molar-refractivity contribution in [1.29, 1.82) is 0 Å². The van der Waals surface area contributed by atoms with E-state index in [4.69, 9.17) is 10.2 Å². The molecule has 0 aromatic carbocycles. The minimum Gasteiger partial charge on any atom is -0.461 e. The van der Waals surface area contributed by atoms with Crippen molar-refractivity contribution in [3.63, 3.8) is 0 Å². The Morgan fingerprint density at radius 2 is 1.94 bits per heavy atom. The molecule has 2 N–H and O–H groups in total. The molecular weight excluding hydrogens is 238 g/mol. The van der Waals surface area contributed by atoms with Gasteiger partial charge in [-0.05, 0) is 12.1 Å². The highest BCUT2D eigenvalue weighted by atomic mass is 16.3. The van der Waals surface area contributed by atoms with E-state index in [-0.39, 0.29) is 17.1 Å². The van der Waals surface area contributed by atoms with E-state index in [1.807, 2.05) is 0 Å². The van der Waals surface area contributed by atoms with Crippen LogP contribution in [-0.2, 0) is 14.1 Å². The molecule has 0 saturated heterocycles. The minimum atomic E-state index is -0.739. The first-order valence-corrected chi connectivity index (χ1v) is 5.09. The normalized spacial score (nSPS) is 10.6. The lowest BCUT2D eigenvalue weighted by molar-refractivity contribution is 0.101. The van der Waals surface area contributed by atoms with Crippen LogP contribution >= 0.6 is 0 Å². The quantitative estimate of drug-likeness (QED) is 0.722. The first-order valence-electron chi connectivity index (χ1n) is 5.09. The fraction of sp³-hybridized carbons (Fsp3) is 0.182. The maximum atomic E-state index is 12.1. The minimum absolute atomic E-state index is 0.00236. The number of hydrogen-bond acceptors (Lipinski definition) is 5. The van der Waals surface area contributed by atoms with E-state index in [1.54, 1.807) is 0 Å². The summed E-state index contributed by atoms with van der Waals surface area (Å²) in [4.78, 5) is 35.6. The summed E-state index contributed by atoms with van der Waals surface area (Å²) in [6.45, 7) is 0. The van der Waals surface area contributed by atoms with Crippen molar-refractivity contribution < 1.29 is 9.21 Å². The van der Waals surface area contributed by atoms with Crippen molar-refractivity contribution in [3.05, 3.63) is 50.6 Å². The van der Waals surface area contributed by atoms with E-state index in [1.165, 1.54) is 32.5 Å². The Morgan fingerprint density at radius 1 is 1.28 bits per heavy atom. The molecule has 0 bridgehead atoms. The molecule has 2 heterocycles. The zero-order valence-corrected chi connectivity index (χ0v) is 9.84. The van der Waals surface area contributed by atoms with Crippen LogP contribution in [0.3, 0.4) is 0 Å². The van der Waals surface area contributed by atoms with Gasteiger partial charge in [-0.3, -0.25) is 18.7 Å². The van der Waals surface area contributed by atoms with E-state index in [0.29, 0.717) is 0 Å². The van der Waals surface area contributed by atoms with Gasteiger partial charge in [0.2, 0.25) is 5.78 Å². The first kappa shape index (κ1) is 11.9. The maximum absolute atomic E-state index is 12.1. The zero-order chi connectivity index (χ0) is 13.4. The zero-order valence-electron chi connectivity index (χ0n) is 9.84. The van der Waals surface area contributed by atoms with Crippen LogP contribution in [-0.4, -0.2) is 14.9 Å². The number of nitrogens with two attached hydrogens (primary N) is 1. The Labute approximate surface area is 101 Å². The summed E-state index contributed by atoms with van der Waals surface area (Å²) in [5, 5.41) is 0. The van der Waals surface area contributed by atoms with Gasteiger partial charge in [-0.15, -0.1) is 0 Å². The molecule has 7 nitrogen and oxygen atoms in total. The molecule has 7 heteroatoms. The highest BCUT2D eigenvalue weighted by Crippen LogP contribution is 2.11. The summed E-state index contributed by atoms with van der Waals surface area (Å²) in [5.41, 5.74) is 4.05. The van der Waals surface area contributed by atoms with Gasteiger partial charge in [-0.2, -0.15) is 0 Å². The van der Waals surface area contributed by atoms with Gasteiger partial charge < -0.3 is 10.2 Å². The van der Waals surface area contributed by atoms with Crippen molar-refractivity contribution in [2.75, 3.05) is 5.73 Å². The lowest BCUT2D eigenvalue weighted by Gasteiger charge is -2.09. The van der Waals surface area contributed by atoms with E-state index in [0.717, 1.165) is 9.13 Å². The van der Waals surface area contributed by atoms with Gasteiger partial charge in [0.25, 0.3) is 5.56 Å². The third kappa shape index (κ3) is 1.56. The molecule has 0 radical (unpaired) electrons. The fourth-order valence-corrected chi connectivity index (χ4v) is 1.60. The second kappa shape index (κ2) is 4.02. The molecule has 0 fully saturated rings. The first-order chi connectivity index (χ1) is 8.45. The number of carbonyl (C=O) groups is 1. The molecular formula is C11H11N3O4. The SMILES string of the molecule is Cn1c(N)c(C(=O)c2ccco2)c(=O)n(C)c1=O. The van der Waals surface area contributed by atoms with E-state index >= 15 is 0 Å². The number of rotatable bonds is 2. The fourth-order valence-electron chi connectivity index (χ4n) is 1.60. The molecule has 0 saturated carbocycles. The van der Waals surface area contributed by atoms with Crippen LogP contribution in [0.1, 0.15) is 16.1 Å². The Kier molecular flexibility index (Phi) is 2.66. The van der Waals surface area contributed by atoms with Gasteiger partial charge in [0.1, 0.15) is 11.4 Å². The Balaban J connectivity index is 2.78. The summed E-state index contributed by atoms with van der Waals surface area (Å²) in [6.07, 6.45) is 1.32. The molecule has 2 aromatic heterocycles. The van der Waals surface area contributed by atoms with Crippen molar-refractivity contribution in [3.8, 4) is 0 Å². The third-order valence-electron chi connectivity index (χ3n) is 2.68. The van der Waals surface area contributed by atoms with Crippen LogP contribution in [0.5, 0.6) is 0 Å². The second-order valence-electron chi connectivity index (χ2n) is 3.77. The van der Waals surface area contributed by atoms with E-state index in [9.17, 15) is 14.4 Å². The molecule has 2 rings (SSSR count). The van der Waals surface area contributed by atoms with Crippen molar-refractivity contribution >= 4 is 11.6 Å². The Hall–Kier alpha value is -2.57. The van der Waals surface area contributed by atoms with Gasteiger partial charge in [0.05, 0.1) is 6.26 Å². The molecule has 0 spiro atoms. The van der Waals surface area contributed by atoms with Gasteiger partial charge in [-0.25, -0.2) is 4.79 Å². The van der Waals surface area contributed by atoms with Crippen LogP contribution in [0.25, 0.3) is 0 Å². The molecule has 0 atom stereocenters. The highest BCUT2D eigenvalue weighted by Gasteiger charge is 2.22. The third-order valence-corrected chi connectivity index (χ3v) is 2.68. The summed E-state index contributed by atoms with van der Waals surface area (Å²) in [5.74, 6) is -0.823. The van der Waals surface area contributed by atoms with Gasteiger partial charge >= 0.3 is 5.69 Å². The van der Waals surface area contributed by atoms with Crippen LogP contribution in [0.2, 0.25) is 0 Å². The Morgan fingerprint density at radius 3 is 2.50 bits per heavy atom. The average molecular weight is 249 g/mol. The van der Waals surface area contributed by atoms with Gasteiger partial charge in [0, 0.05) is 14.1 Å². The molecule has 0 aliphatic carbocycles. The Bertz CT molecular complexity index is 722. The summed E-state index contributed by atoms with van der Waals surface area (Å²) in [6, 6.07) is 2.95. The summed E-state index contributed by atoms with van der Waals surface area (Å²) < 4.78 is 6.79. The predicted molar refractivity (Wildman–Crippen MR) is 63.5 cm³/mol. The van der Waals surface area contributed by atoms with Crippen molar-refractivity contribution in [2.45, 2.75) is 0 Å². The number of carbonyl (C=O) groups excluding carboxylic acids is 1. The number of aromatic nitrogens is 2. The lowest BCUT2D eigenvalue weighted by Crippen LogP contribution is -2.41. The second-order valence-corrected chi connectivity index (χ2v) is 3.77. The van der Waals surface area contributed by atoms with Gasteiger partial charge in [-0.1, -0.05) is 0 Å². The van der Waals surface area contributed by atoms with Crippen LogP contribution in [0.4, 0.5) is 5.82 Å². The molecule has 18 heavy (non-hydrogen) atoms. The number of nitrogen functional groups attached to an aromatic ring is 1. The predicted octanol–water partition coefficient (Wildman–Crippen LogP) is -0.510. The molecule has 0 aliphatic heterocycles. The molecule has 2 aromatic rings. The monoisotopic (exact) mass is 249 g/mol. The van der Waals surface area contributed by atoms with Crippen molar-refractivity contribution in [2.24, 2.45) is 14.1 Å². The topological polar surface area (TPSA) is 100 Å². The standard InChI is InChI=1S/C11H11N3O4/c1-13-9(12)7(10(16)14(2)11(13)17)8(15)6-4-3-5-18-6/h3-5H,12H2,1-2H3. The number of furan rings is 1.